The van der Waals surface area contributed by atoms with Gasteiger partial charge in [0.05, 0.1) is 25.5 Å². The van der Waals surface area contributed by atoms with Crippen LogP contribution >= 0.6 is 0 Å². The average molecular weight is 363 g/mol. The van der Waals surface area contributed by atoms with E-state index in [1.807, 2.05) is 36.5 Å². The Balaban J connectivity index is 1.38. The van der Waals surface area contributed by atoms with E-state index in [-0.39, 0.29) is 6.04 Å². The van der Waals surface area contributed by atoms with Crippen molar-refractivity contribution >= 4 is 0 Å². The first-order valence-corrected chi connectivity index (χ1v) is 9.42. The Labute approximate surface area is 160 Å². The Hall–Kier alpha value is -2.79. The van der Waals surface area contributed by atoms with Crippen LogP contribution in [0.2, 0.25) is 0 Å². The van der Waals surface area contributed by atoms with Crippen LogP contribution in [0.25, 0.3) is 0 Å². The smallest absolute Gasteiger partial charge is 0.119 e. The predicted octanol–water partition coefficient (Wildman–Crippen LogP) is 3.77. The van der Waals surface area contributed by atoms with Gasteiger partial charge in [-0.05, 0) is 55.0 Å². The van der Waals surface area contributed by atoms with Crippen molar-refractivity contribution in [2.75, 3.05) is 26.8 Å². The van der Waals surface area contributed by atoms with Crippen molar-refractivity contribution in [3.63, 3.8) is 0 Å². The molecular weight excluding hydrogens is 338 g/mol. The van der Waals surface area contributed by atoms with Crippen LogP contribution in [0.4, 0.5) is 0 Å². The van der Waals surface area contributed by atoms with Gasteiger partial charge in [0.1, 0.15) is 11.5 Å². The minimum Gasteiger partial charge on any atom is -0.497 e. The first kappa shape index (κ1) is 17.6. The van der Waals surface area contributed by atoms with Gasteiger partial charge in [0, 0.05) is 37.7 Å². The third kappa shape index (κ3) is 3.98. The van der Waals surface area contributed by atoms with E-state index in [0.29, 0.717) is 6.61 Å². The lowest BCUT2D eigenvalue weighted by molar-refractivity contribution is 0.165. The predicted molar refractivity (Wildman–Crippen MR) is 105 cm³/mol. The number of aromatic nitrogens is 2. The molecule has 140 valence electrons. The topological polar surface area (TPSA) is 39.5 Å². The van der Waals surface area contributed by atoms with Crippen molar-refractivity contribution in [1.29, 1.82) is 0 Å². The van der Waals surface area contributed by atoms with Crippen LogP contribution in [0, 0.1) is 0 Å². The molecule has 0 N–H and O–H groups in total. The second-order valence-electron chi connectivity index (χ2n) is 6.70. The zero-order valence-electron chi connectivity index (χ0n) is 15.6. The molecule has 3 aromatic rings. The van der Waals surface area contributed by atoms with Gasteiger partial charge in [-0.1, -0.05) is 6.07 Å². The summed E-state index contributed by atoms with van der Waals surface area (Å²) in [5.74, 6) is 1.72. The molecule has 1 aromatic carbocycles. The molecule has 0 spiro atoms. The van der Waals surface area contributed by atoms with Crippen molar-refractivity contribution in [1.82, 2.24) is 14.5 Å². The highest BCUT2D eigenvalue weighted by atomic mass is 16.5. The van der Waals surface area contributed by atoms with Gasteiger partial charge in [0.25, 0.3) is 0 Å². The standard InChI is InChI=1S/C22H25N3O2/c1-26-18-8-10-19(11-9-18)27-17-5-14-25-16-15-24-13-4-7-21(24)22(25)20-6-2-3-12-23-20/h2-4,6-13,22H,5,14-17H2,1H3. The summed E-state index contributed by atoms with van der Waals surface area (Å²) in [5.41, 5.74) is 2.42. The van der Waals surface area contributed by atoms with Gasteiger partial charge < -0.3 is 14.0 Å². The Morgan fingerprint density at radius 2 is 1.85 bits per heavy atom. The molecule has 27 heavy (non-hydrogen) atoms. The number of benzene rings is 1. The molecule has 0 aliphatic carbocycles. The molecule has 0 amide bonds. The molecule has 1 aliphatic rings. The van der Waals surface area contributed by atoms with Crippen molar-refractivity contribution < 1.29 is 9.47 Å². The number of hydrogen-bond donors (Lipinski definition) is 0. The highest BCUT2D eigenvalue weighted by Crippen LogP contribution is 2.31. The van der Waals surface area contributed by atoms with E-state index >= 15 is 0 Å². The van der Waals surface area contributed by atoms with Crippen LogP contribution in [-0.4, -0.2) is 41.3 Å². The molecule has 0 fully saturated rings. The zero-order valence-corrected chi connectivity index (χ0v) is 15.6. The van der Waals surface area contributed by atoms with E-state index < -0.39 is 0 Å². The number of nitrogens with zero attached hydrogens (tertiary/aromatic N) is 3. The maximum atomic E-state index is 5.89. The van der Waals surface area contributed by atoms with Gasteiger partial charge in [0.15, 0.2) is 0 Å². The SMILES string of the molecule is COc1ccc(OCCCN2CCn3cccc3C2c2ccccn2)cc1. The zero-order chi connectivity index (χ0) is 18.5. The second kappa shape index (κ2) is 8.27. The van der Waals surface area contributed by atoms with E-state index in [9.17, 15) is 0 Å². The van der Waals surface area contributed by atoms with E-state index in [1.165, 1.54) is 5.69 Å². The molecular formula is C22H25N3O2. The number of pyridine rings is 1. The number of rotatable bonds is 7. The normalized spacial score (nSPS) is 16.7. The van der Waals surface area contributed by atoms with Crippen molar-refractivity contribution in [2.24, 2.45) is 0 Å². The molecule has 0 radical (unpaired) electrons. The van der Waals surface area contributed by atoms with Crippen LogP contribution in [0.5, 0.6) is 11.5 Å². The fraction of sp³-hybridized carbons (Fsp3) is 0.318. The molecule has 0 saturated heterocycles. The first-order chi connectivity index (χ1) is 13.3. The maximum Gasteiger partial charge on any atom is 0.119 e. The summed E-state index contributed by atoms with van der Waals surface area (Å²) in [6, 6.07) is 18.4. The van der Waals surface area contributed by atoms with Gasteiger partial charge in [0.2, 0.25) is 0 Å². The summed E-state index contributed by atoms with van der Waals surface area (Å²) in [6.45, 7) is 3.71. The molecule has 0 saturated carbocycles. The Bertz CT molecular complexity index is 846. The van der Waals surface area contributed by atoms with Gasteiger partial charge >= 0.3 is 0 Å². The summed E-state index contributed by atoms with van der Waals surface area (Å²) in [6.07, 6.45) is 5.01. The van der Waals surface area contributed by atoms with Crippen LogP contribution in [0.15, 0.2) is 67.0 Å². The van der Waals surface area contributed by atoms with Gasteiger partial charge in [-0.3, -0.25) is 9.88 Å². The monoisotopic (exact) mass is 363 g/mol. The van der Waals surface area contributed by atoms with Crippen LogP contribution < -0.4 is 9.47 Å². The highest BCUT2D eigenvalue weighted by molar-refractivity contribution is 5.31. The lowest BCUT2D eigenvalue weighted by Crippen LogP contribution is -2.39. The Kier molecular flexibility index (Phi) is 5.39. The number of methoxy groups -OCH3 is 1. The lowest BCUT2D eigenvalue weighted by atomic mass is 10.0. The van der Waals surface area contributed by atoms with E-state index in [0.717, 1.165) is 43.2 Å². The first-order valence-electron chi connectivity index (χ1n) is 9.42. The quantitative estimate of drug-likeness (QED) is 0.599. The van der Waals surface area contributed by atoms with Crippen molar-refractivity contribution in [2.45, 2.75) is 19.0 Å². The molecule has 1 aliphatic heterocycles. The second-order valence-corrected chi connectivity index (χ2v) is 6.70. The van der Waals surface area contributed by atoms with Crippen LogP contribution in [0.3, 0.4) is 0 Å². The van der Waals surface area contributed by atoms with Gasteiger partial charge in [-0.25, -0.2) is 0 Å². The molecule has 3 heterocycles. The molecule has 5 nitrogen and oxygen atoms in total. The number of fused-ring (bicyclic) bond motifs is 1. The summed E-state index contributed by atoms with van der Waals surface area (Å²) in [4.78, 5) is 7.13. The molecule has 1 atom stereocenters. The van der Waals surface area contributed by atoms with Crippen LogP contribution in [-0.2, 0) is 6.54 Å². The van der Waals surface area contributed by atoms with Crippen molar-refractivity contribution in [3.8, 4) is 11.5 Å². The third-order valence-electron chi connectivity index (χ3n) is 5.02. The lowest BCUT2D eigenvalue weighted by Gasteiger charge is -2.36. The third-order valence-corrected chi connectivity index (χ3v) is 5.02. The van der Waals surface area contributed by atoms with E-state index in [2.05, 4.69) is 44.9 Å². The van der Waals surface area contributed by atoms with Gasteiger partial charge in [-0.15, -0.1) is 0 Å². The van der Waals surface area contributed by atoms with Crippen LogP contribution in [0.1, 0.15) is 23.9 Å². The van der Waals surface area contributed by atoms with E-state index in [1.54, 1.807) is 7.11 Å². The van der Waals surface area contributed by atoms with E-state index in [4.69, 9.17) is 9.47 Å². The minimum absolute atomic E-state index is 0.205. The summed E-state index contributed by atoms with van der Waals surface area (Å²) in [7, 11) is 1.67. The highest BCUT2D eigenvalue weighted by Gasteiger charge is 2.29. The molecule has 2 aromatic heterocycles. The van der Waals surface area contributed by atoms with Gasteiger partial charge in [-0.2, -0.15) is 0 Å². The minimum atomic E-state index is 0.205. The molecule has 5 heteroatoms. The summed E-state index contributed by atoms with van der Waals surface area (Å²) >= 11 is 0. The summed E-state index contributed by atoms with van der Waals surface area (Å²) < 4.78 is 13.4. The molecule has 4 rings (SSSR count). The molecule has 0 bridgehead atoms. The fourth-order valence-corrected chi connectivity index (χ4v) is 3.68. The Morgan fingerprint density at radius 3 is 2.63 bits per heavy atom. The maximum absolute atomic E-state index is 5.89. The average Bonchev–Trinajstić information content (AvgIpc) is 3.21. The van der Waals surface area contributed by atoms with Crippen molar-refractivity contribution in [3.05, 3.63) is 78.4 Å². The summed E-state index contributed by atoms with van der Waals surface area (Å²) in [5, 5.41) is 0. The largest absolute Gasteiger partial charge is 0.497 e. The molecule has 1 unspecified atom stereocenters. The number of hydrogen-bond acceptors (Lipinski definition) is 4. The number of ether oxygens (including phenoxy) is 2. The Morgan fingerprint density at radius 1 is 1.00 bits per heavy atom. The fourth-order valence-electron chi connectivity index (χ4n) is 3.68.